The maximum absolute atomic E-state index is 12.6. The minimum absolute atomic E-state index is 0.317. The monoisotopic (exact) mass is 264 g/mol. The van der Waals surface area contributed by atoms with Crippen LogP contribution in [0.3, 0.4) is 0 Å². The number of amides is 1. The Morgan fingerprint density at radius 3 is 2.78 bits per heavy atom. The average molecular weight is 264 g/mol. The van der Waals surface area contributed by atoms with Crippen molar-refractivity contribution >= 4 is 23.7 Å². The van der Waals surface area contributed by atoms with Gasteiger partial charge in [-0.1, -0.05) is 16.6 Å². The van der Waals surface area contributed by atoms with Crippen LogP contribution in [0.4, 0.5) is 4.39 Å². The summed E-state index contributed by atoms with van der Waals surface area (Å²) in [4.78, 5) is 12.0. The summed E-state index contributed by atoms with van der Waals surface area (Å²) in [5, 5.41) is 7.50. The Kier molecular flexibility index (Phi) is 3.73. The maximum Gasteiger partial charge on any atom is 0.285 e. The summed E-state index contributed by atoms with van der Waals surface area (Å²) in [5.41, 5.74) is 3.61. The van der Waals surface area contributed by atoms with E-state index in [9.17, 15) is 9.18 Å². The van der Waals surface area contributed by atoms with Gasteiger partial charge in [-0.15, -0.1) is 5.10 Å². The highest BCUT2D eigenvalue weighted by Crippen LogP contribution is 2.08. The van der Waals surface area contributed by atoms with Crippen LogP contribution in [0.15, 0.2) is 29.4 Å². The molecule has 1 aromatic carbocycles. The molecule has 0 unspecified atom stereocenters. The number of rotatable bonds is 3. The second-order valence-electron chi connectivity index (χ2n) is 3.44. The predicted octanol–water partition coefficient (Wildman–Crippen LogP) is 1.75. The van der Waals surface area contributed by atoms with Gasteiger partial charge in [0.2, 0.25) is 0 Å². The third-order valence-electron chi connectivity index (χ3n) is 2.11. The summed E-state index contributed by atoms with van der Waals surface area (Å²) in [6.45, 7) is 1.70. The number of hydrogen-bond acceptors (Lipinski definition) is 5. The van der Waals surface area contributed by atoms with Crippen LogP contribution in [-0.2, 0) is 0 Å². The molecule has 7 heteroatoms. The first-order valence-electron chi connectivity index (χ1n) is 5.05. The molecule has 0 atom stereocenters. The van der Waals surface area contributed by atoms with Crippen molar-refractivity contribution in [2.45, 2.75) is 6.92 Å². The molecule has 5 nitrogen and oxygen atoms in total. The van der Waals surface area contributed by atoms with E-state index < -0.39 is 0 Å². The summed E-state index contributed by atoms with van der Waals surface area (Å²) in [6, 6.07) is 5.76. The molecule has 0 spiro atoms. The number of nitrogens with zero attached hydrogens (tertiary/aromatic N) is 3. The fraction of sp³-hybridized carbons (Fsp3) is 0.0909. The molecule has 2 rings (SSSR count). The zero-order chi connectivity index (χ0) is 13.0. The standard InChI is InChI=1S/C11H9FN4OS/c1-7-10(18-16-14-7)11(17)15-13-6-8-2-4-9(12)5-3-8/h2-6H,1H3,(H,15,17)/b13-6+. The first kappa shape index (κ1) is 12.3. The van der Waals surface area contributed by atoms with Crippen molar-refractivity contribution < 1.29 is 9.18 Å². The Morgan fingerprint density at radius 1 is 1.44 bits per heavy atom. The molecule has 0 bridgehead atoms. The van der Waals surface area contributed by atoms with E-state index in [-0.39, 0.29) is 11.7 Å². The molecule has 0 fully saturated rings. The van der Waals surface area contributed by atoms with Gasteiger partial charge in [0.25, 0.3) is 5.91 Å². The van der Waals surface area contributed by atoms with Gasteiger partial charge in [-0.05, 0) is 36.2 Å². The summed E-state index contributed by atoms with van der Waals surface area (Å²) in [6.07, 6.45) is 1.43. The number of carbonyl (C=O) groups excluding carboxylic acids is 1. The quantitative estimate of drug-likeness (QED) is 0.678. The van der Waals surface area contributed by atoms with E-state index in [1.54, 1.807) is 19.1 Å². The maximum atomic E-state index is 12.6. The van der Waals surface area contributed by atoms with E-state index in [0.717, 1.165) is 11.5 Å². The highest BCUT2D eigenvalue weighted by molar-refractivity contribution is 7.07. The van der Waals surface area contributed by atoms with Crippen LogP contribution >= 0.6 is 11.5 Å². The molecule has 1 N–H and O–H groups in total. The van der Waals surface area contributed by atoms with Crippen LogP contribution < -0.4 is 5.43 Å². The second kappa shape index (κ2) is 5.46. The van der Waals surface area contributed by atoms with Crippen molar-refractivity contribution in [2.24, 2.45) is 5.10 Å². The van der Waals surface area contributed by atoms with Crippen molar-refractivity contribution in [3.05, 3.63) is 46.2 Å². The van der Waals surface area contributed by atoms with Gasteiger partial charge < -0.3 is 0 Å². The predicted molar refractivity (Wildman–Crippen MR) is 66.1 cm³/mol. The van der Waals surface area contributed by atoms with E-state index in [2.05, 4.69) is 20.1 Å². The third-order valence-corrected chi connectivity index (χ3v) is 2.93. The van der Waals surface area contributed by atoms with Crippen LogP contribution in [0.5, 0.6) is 0 Å². The van der Waals surface area contributed by atoms with Crippen molar-refractivity contribution in [3.63, 3.8) is 0 Å². The van der Waals surface area contributed by atoms with E-state index in [1.807, 2.05) is 0 Å². The highest BCUT2D eigenvalue weighted by atomic mass is 32.1. The number of benzene rings is 1. The molecule has 92 valence electrons. The Morgan fingerprint density at radius 2 is 2.17 bits per heavy atom. The average Bonchev–Trinajstić information content (AvgIpc) is 2.78. The summed E-state index contributed by atoms with van der Waals surface area (Å²) < 4.78 is 16.3. The summed E-state index contributed by atoms with van der Waals surface area (Å²) in [7, 11) is 0. The minimum Gasteiger partial charge on any atom is -0.266 e. The number of hydrazone groups is 1. The van der Waals surface area contributed by atoms with Crippen LogP contribution in [0.1, 0.15) is 20.9 Å². The van der Waals surface area contributed by atoms with Crippen molar-refractivity contribution in [3.8, 4) is 0 Å². The molecule has 18 heavy (non-hydrogen) atoms. The smallest absolute Gasteiger partial charge is 0.266 e. The second-order valence-corrected chi connectivity index (χ2v) is 4.19. The molecule has 1 heterocycles. The first-order chi connectivity index (χ1) is 8.66. The van der Waals surface area contributed by atoms with E-state index in [0.29, 0.717) is 16.1 Å². The van der Waals surface area contributed by atoms with Crippen molar-refractivity contribution in [1.82, 2.24) is 15.0 Å². The van der Waals surface area contributed by atoms with Gasteiger partial charge in [-0.2, -0.15) is 5.10 Å². The Balaban J connectivity index is 1.98. The normalized spacial score (nSPS) is 10.8. The van der Waals surface area contributed by atoms with Crippen LogP contribution in [0.2, 0.25) is 0 Å². The number of aromatic nitrogens is 2. The van der Waals surface area contributed by atoms with Crippen molar-refractivity contribution in [1.29, 1.82) is 0 Å². The molecule has 0 aliphatic rings. The lowest BCUT2D eigenvalue weighted by atomic mass is 10.2. The Labute approximate surface area is 107 Å². The third kappa shape index (κ3) is 2.95. The lowest BCUT2D eigenvalue weighted by Gasteiger charge is -1.96. The molecule has 0 radical (unpaired) electrons. The van der Waals surface area contributed by atoms with E-state index in [4.69, 9.17) is 0 Å². The molecule has 0 aliphatic carbocycles. The minimum atomic E-state index is -0.360. The van der Waals surface area contributed by atoms with Gasteiger partial charge in [0.15, 0.2) is 0 Å². The molecule has 1 amide bonds. The van der Waals surface area contributed by atoms with Gasteiger partial charge >= 0.3 is 0 Å². The Hall–Kier alpha value is -2.15. The highest BCUT2D eigenvalue weighted by Gasteiger charge is 2.11. The number of aryl methyl sites for hydroxylation is 1. The molecule has 1 aromatic heterocycles. The topological polar surface area (TPSA) is 67.2 Å². The fourth-order valence-electron chi connectivity index (χ4n) is 1.20. The molecule has 0 saturated heterocycles. The lowest BCUT2D eigenvalue weighted by molar-refractivity contribution is 0.0958. The molecule has 0 aliphatic heterocycles. The molecule has 2 aromatic rings. The van der Waals surface area contributed by atoms with Gasteiger partial charge in [-0.25, -0.2) is 9.82 Å². The van der Waals surface area contributed by atoms with Crippen LogP contribution in [-0.4, -0.2) is 21.7 Å². The van der Waals surface area contributed by atoms with Gasteiger partial charge in [0.1, 0.15) is 10.7 Å². The fourth-order valence-corrected chi connectivity index (χ4v) is 1.75. The van der Waals surface area contributed by atoms with E-state index in [1.165, 1.54) is 18.3 Å². The van der Waals surface area contributed by atoms with Crippen LogP contribution in [0.25, 0.3) is 0 Å². The summed E-state index contributed by atoms with van der Waals surface area (Å²) >= 11 is 1.01. The van der Waals surface area contributed by atoms with Gasteiger partial charge in [0.05, 0.1) is 11.9 Å². The summed E-state index contributed by atoms with van der Waals surface area (Å²) in [5.74, 6) is -0.677. The molecule has 0 saturated carbocycles. The Bertz CT molecular complexity index is 579. The zero-order valence-corrected chi connectivity index (χ0v) is 10.2. The molecular weight excluding hydrogens is 255 g/mol. The van der Waals surface area contributed by atoms with Gasteiger partial charge in [-0.3, -0.25) is 4.79 Å². The largest absolute Gasteiger partial charge is 0.285 e. The number of hydrogen-bond donors (Lipinski definition) is 1. The van der Waals surface area contributed by atoms with Crippen molar-refractivity contribution in [2.75, 3.05) is 0 Å². The van der Waals surface area contributed by atoms with E-state index >= 15 is 0 Å². The van der Waals surface area contributed by atoms with Gasteiger partial charge in [0, 0.05) is 0 Å². The number of carbonyl (C=O) groups is 1. The zero-order valence-electron chi connectivity index (χ0n) is 9.42. The number of halogens is 1. The lowest BCUT2D eigenvalue weighted by Crippen LogP contribution is -2.17. The SMILES string of the molecule is Cc1nnsc1C(=O)N/N=C/c1ccc(F)cc1. The van der Waals surface area contributed by atoms with Crippen LogP contribution in [0, 0.1) is 12.7 Å². The number of nitrogens with one attached hydrogen (secondary N) is 1. The molecular formula is C11H9FN4OS. The first-order valence-corrected chi connectivity index (χ1v) is 5.82.